The Morgan fingerprint density at radius 2 is 1.94 bits per heavy atom. The van der Waals surface area contributed by atoms with Crippen molar-refractivity contribution in [3.8, 4) is 5.75 Å². The molecule has 0 aliphatic heterocycles. The van der Waals surface area contributed by atoms with Gasteiger partial charge in [0.25, 0.3) is 0 Å². The fraction of sp³-hybridized carbons (Fsp3) is 0.500. The van der Waals surface area contributed by atoms with Crippen molar-refractivity contribution < 1.29 is 13.5 Å². The van der Waals surface area contributed by atoms with E-state index in [-0.39, 0.29) is 5.75 Å². The molecule has 0 heterocycles. The van der Waals surface area contributed by atoms with Gasteiger partial charge in [-0.25, -0.2) is 0 Å². The number of ether oxygens (including phenoxy) is 1. The van der Waals surface area contributed by atoms with E-state index in [1.807, 2.05) is 19.9 Å². The number of halogens is 2. The van der Waals surface area contributed by atoms with Gasteiger partial charge >= 0.3 is 6.61 Å². The van der Waals surface area contributed by atoms with Crippen molar-refractivity contribution in [3.63, 3.8) is 0 Å². The fourth-order valence-electron chi connectivity index (χ4n) is 1.52. The van der Waals surface area contributed by atoms with Crippen LogP contribution in [0.5, 0.6) is 5.75 Å². The van der Waals surface area contributed by atoms with Gasteiger partial charge in [0.2, 0.25) is 0 Å². The van der Waals surface area contributed by atoms with E-state index >= 15 is 0 Å². The zero-order valence-corrected chi connectivity index (χ0v) is 9.97. The highest BCUT2D eigenvalue weighted by Gasteiger charge is 2.24. The molecule has 0 radical (unpaired) electrons. The van der Waals surface area contributed by atoms with E-state index in [9.17, 15) is 8.78 Å². The standard InChI is InChI=1S/C12H17F2NO/c1-8-6-5-7-9(12(2,3)15-4)10(8)16-11(13)14/h5-7,11,15H,1-4H3. The monoisotopic (exact) mass is 229 g/mol. The molecule has 2 nitrogen and oxygen atoms in total. The smallest absolute Gasteiger partial charge is 0.387 e. The summed E-state index contributed by atoms with van der Waals surface area (Å²) in [5, 5.41) is 3.07. The molecule has 0 spiro atoms. The van der Waals surface area contributed by atoms with Crippen molar-refractivity contribution in [1.29, 1.82) is 0 Å². The SMILES string of the molecule is CNC(C)(C)c1cccc(C)c1OC(F)F. The Labute approximate surface area is 94.6 Å². The number of rotatable bonds is 4. The van der Waals surface area contributed by atoms with Crippen LogP contribution in [-0.2, 0) is 5.54 Å². The molecule has 0 bridgehead atoms. The van der Waals surface area contributed by atoms with Crippen LogP contribution in [0.3, 0.4) is 0 Å². The van der Waals surface area contributed by atoms with E-state index in [2.05, 4.69) is 10.1 Å². The third kappa shape index (κ3) is 2.70. The van der Waals surface area contributed by atoms with E-state index in [1.165, 1.54) is 0 Å². The summed E-state index contributed by atoms with van der Waals surface area (Å²) in [5.74, 6) is 0.261. The molecule has 0 aromatic heterocycles. The molecule has 0 aliphatic rings. The van der Waals surface area contributed by atoms with Gasteiger partial charge in [-0.3, -0.25) is 0 Å². The maximum atomic E-state index is 12.3. The molecule has 4 heteroatoms. The second-order valence-electron chi connectivity index (χ2n) is 4.21. The lowest BCUT2D eigenvalue weighted by atomic mass is 9.92. The van der Waals surface area contributed by atoms with Crippen LogP contribution in [0, 0.1) is 6.92 Å². The van der Waals surface area contributed by atoms with Crippen LogP contribution in [-0.4, -0.2) is 13.7 Å². The summed E-state index contributed by atoms with van der Waals surface area (Å²) in [6, 6.07) is 5.39. The molecule has 0 saturated heterocycles. The minimum Gasteiger partial charge on any atom is -0.434 e. The molecule has 0 aliphatic carbocycles. The summed E-state index contributed by atoms with van der Waals surface area (Å²) in [5.41, 5.74) is 1.03. The van der Waals surface area contributed by atoms with Crippen LogP contribution < -0.4 is 10.1 Å². The van der Waals surface area contributed by atoms with Crippen molar-refractivity contribution >= 4 is 0 Å². The molecular weight excluding hydrogens is 212 g/mol. The number of para-hydroxylation sites is 1. The van der Waals surface area contributed by atoms with Crippen molar-refractivity contribution in [2.24, 2.45) is 0 Å². The third-order valence-corrected chi connectivity index (χ3v) is 2.72. The Kier molecular flexibility index (Phi) is 3.86. The van der Waals surface area contributed by atoms with Crippen LogP contribution in [0.2, 0.25) is 0 Å². The van der Waals surface area contributed by atoms with Gasteiger partial charge in [-0.1, -0.05) is 18.2 Å². The molecule has 0 atom stereocenters. The normalized spacial score (nSPS) is 11.9. The Morgan fingerprint density at radius 3 is 2.44 bits per heavy atom. The highest BCUT2D eigenvalue weighted by molar-refractivity contribution is 5.44. The van der Waals surface area contributed by atoms with Gasteiger partial charge in [-0.05, 0) is 33.4 Å². The van der Waals surface area contributed by atoms with Crippen molar-refractivity contribution in [2.75, 3.05) is 7.05 Å². The van der Waals surface area contributed by atoms with Crippen LogP contribution in [0.1, 0.15) is 25.0 Å². The Bertz CT molecular complexity index is 364. The minimum absolute atomic E-state index is 0.261. The second-order valence-corrected chi connectivity index (χ2v) is 4.21. The van der Waals surface area contributed by atoms with E-state index in [0.29, 0.717) is 5.56 Å². The molecule has 0 saturated carbocycles. The Hall–Kier alpha value is -1.16. The average molecular weight is 229 g/mol. The number of hydrogen-bond donors (Lipinski definition) is 1. The Balaban J connectivity index is 3.22. The van der Waals surface area contributed by atoms with Crippen LogP contribution in [0.4, 0.5) is 8.78 Å². The molecule has 1 rings (SSSR count). The summed E-state index contributed by atoms with van der Waals surface area (Å²) < 4.78 is 29.3. The maximum absolute atomic E-state index is 12.3. The van der Waals surface area contributed by atoms with Crippen molar-refractivity contribution in [1.82, 2.24) is 5.32 Å². The van der Waals surface area contributed by atoms with E-state index < -0.39 is 12.2 Å². The molecule has 1 N–H and O–H groups in total. The number of nitrogens with one attached hydrogen (secondary N) is 1. The largest absolute Gasteiger partial charge is 0.434 e. The first-order valence-electron chi connectivity index (χ1n) is 5.12. The molecule has 0 fully saturated rings. The molecule has 0 unspecified atom stereocenters. The first-order valence-corrected chi connectivity index (χ1v) is 5.12. The van der Waals surface area contributed by atoms with E-state index in [1.54, 1.807) is 26.1 Å². The lowest BCUT2D eigenvalue weighted by Gasteiger charge is -2.27. The third-order valence-electron chi connectivity index (χ3n) is 2.72. The van der Waals surface area contributed by atoms with Gasteiger partial charge < -0.3 is 10.1 Å². The number of aryl methyl sites for hydroxylation is 1. The molecular formula is C12H17F2NO. The molecule has 16 heavy (non-hydrogen) atoms. The fourth-order valence-corrected chi connectivity index (χ4v) is 1.52. The molecule has 90 valence electrons. The zero-order valence-electron chi connectivity index (χ0n) is 9.97. The maximum Gasteiger partial charge on any atom is 0.387 e. The predicted molar refractivity (Wildman–Crippen MR) is 59.9 cm³/mol. The molecule has 1 aromatic rings. The lowest BCUT2D eigenvalue weighted by molar-refractivity contribution is -0.0515. The summed E-state index contributed by atoms with van der Waals surface area (Å²) in [6.45, 7) is 2.79. The average Bonchev–Trinajstić information content (AvgIpc) is 2.20. The highest BCUT2D eigenvalue weighted by Crippen LogP contribution is 2.33. The first kappa shape index (κ1) is 12.9. The summed E-state index contributed by atoms with van der Waals surface area (Å²) in [6.07, 6.45) is 0. The lowest BCUT2D eigenvalue weighted by Crippen LogP contribution is -2.34. The zero-order chi connectivity index (χ0) is 12.3. The van der Waals surface area contributed by atoms with Gasteiger partial charge in [-0.2, -0.15) is 8.78 Å². The van der Waals surface area contributed by atoms with Gasteiger partial charge in [0, 0.05) is 11.1 Å². The summed E-state index contributed by atoms with van der Waals surface area (Å²) in [4.78, 5) is 0. The van der Waals surface area contributed by atoms with Gasteiger partial charge in [-0.15, -0.1) is 0 Å². The Morgan fingerprint density at radius 1 is 1.31 bits per heavy atom. The number of hydrogen-bond acceptors (Lipinski definition) is 2. The molecule has 1 aromatic carbocycles. The van der Waals surface area contributed by atoms with E-state index in [0.717, 1.165) is 5.56 Å². The minimum atomic E-state index is -2.80. The van der Waals surface area contributed by atoms with Crippen LogP contribution in [0.15, 0.2) is 18.2 Å². The highest BCUT2D eigenvalue weighted by atomic mass is 19.3. The summed E-state index contributed by atoms with van der Waals surface area (Å²) in [7, 11) is 1.79. The first-order chi connectivity index (χ1) is 7.38. The van der Waals surface area contributed by atoms with Gasteiger partial charge in [0.15, 0.2) is 0 Å². The van der Waals surface area contributed by atoms with Crippen LogP contribution >= 0.6 is 0 Å². The quantitative estimate of drug-likeness (QED) is 0.856. The van der Waals surface area contributed by atoms with Gasteiger partial charge in [0.05, 0.1) is 0 Å². The topological polar surface area (TPSA) is 21.3 Å². The second kappa shape index (κ2) is 4.78. The van der Waals surface area contributed by atoms with Crippen LogP contribution in [0.25, 0.3) is 0 Å². The van der Waals surface area contributed by atoms with Crippen molar-refractivity contribution in [3.05, 3.63) is 29.3 Å². The number of benzene rings is 1. The van der Waals surface area contributed by atoms with Crippen molar-refractivity contribution in [2.45, 2.75) is 32.9 Å². The van der Waals surface area contributed by atoms with E-state index in [4.69, 9.17) is 0 Å². The number of alkyl halides is 2. The summed E-state index contributed by atoms with van der Waals surface area (Å²) >= 11 is 0. The molecule has 0 amide bonds. The predicted octanol–water partition coefficient (Wildman–Crippen LogP) is 3.05. The van der Waals surface area contributed by atoms with Gasteiger partial charge in [0.1, 0.15) is 5.75 Å².